The van der Waals surface area contributed by atoms with Crippen molar-refractivity contribution in [1.82, 2.24) is 0 Å². The standard InChI is InChI=1S/C9H13N3O4/c1-9(2)14-4-7(16-9)6-3-5(11-12-10)8(13)15-6/h5-7H,3-4H2,1-2H3/t5-,6+,7-/m1/s1. The Morgan fingerprint density at radius 3 is 2.81 bits per heavy atom. The number of cyclic esters (lactones) is 1. The van der Waals surface area contributed by atoms with Gasteiger partial charge in [0, 0.05) is 11.3 Å². The van der Waals surface area contributed by atoms with Crippen molar-refractivity contribution < 1.29 is 19.0 Å². The lowest BCUT2D eigenvalue weighted by molar-refractivity contribution is -0.162. The molecule has 0 N–H and O–H groups in total. The lowest BCUT2D eigenvalue weighted by Crippen LogP contribution is -2.30. The molecule has 2 saturated heterocycles. The van der Waals surface area contributed by atoms with Crippen LogP contribution >= 0.6 is 0 Å². The van der Waals surface area contributed by atoms with E-state index >= 15 is 0 Å². The molecule has 7 nitrogen and oxygen atoms in total. The fourth-order valence-electron chi connectivity index (χ4n) is 1.88. The van der Waals surface area contributed by atoms with Crippen molar-refractivity contribution in [3.05, 3.63) is 10.4 Å². The SMILES string of the molecule is CC1(C)OC[C@H]([C@@H]2C[C@@H](N=[N+]=[N-])C(=O)O2)O1. The van der Waals surface area contributed by atoms with Crippen molar-refractivity contribution in [2.75, 3.05) is 6.61 Å². The minimum atomic E-state index is -0.734. The molecule has 16 heavy (non-hydrogen) atoms. The van der Waals surface area contributed by atoms with Crippen LogP contribution in [0.1, 0.15) is 20.3 Å². The van der Waals surface area contributed by atoms with Gasteiger partial charge in [0.05, 0.1) is 6.61 Å². The Morgan fingerprint density at radius 2 is 2.25 bits per heavy atom. The van der Waals surface area contributed by atoms with Crippen LogP contribution in [0.4, 0.5) is 0 Å². The Hall–Kier alpha value is -1.30. The molecule has 0 bridgehead atoms. The van der Waals surface area contributed by atoms with Gasteiger partial charge < -0.3 is 14.2 Å². The summed E-state index contributed by atoms with van der Waals surface area (Å²) in [7, 11) is 0. The average Bonchev–Trinajstić information content (AvgIpc) is 2.72. The summed E-state index contributed by atoms with van der Waals surface area (Å²) in [5.74, 6) is -1.13. The van der Waals surface area contributed by atoms with E-state index in [0.717, 1.165) is 0 Å². The highest BCUT2D eigenvalue weighted by molar-refractivity contribution is 5.78. The van der Waals surface area contributed by atoms with E-state index in [-0.39, 0.29) is 12.2 Å². The molecule has 0 radical (unpaired) electrons. The summed E-state index contributed by atoms with van der Waals surface area (Å²) in [6, 6.07) is -0.734. The van der Waals surface area contributed by atoms with Gasteiger partial charge in [0.25, 0.3) is 0 Å². The number of azide groups is 1. The Balaban J connectivity index is 1.99. The summed E-state index contributed by atoms with van der Waals surface area (Å²) in [6.45, 7) is 3.98. The first-order valence-electron chi connectivity index (χ1n) is 5.08. The third-order valence-electron chi connectivity index (χ3n) is 2.63. The van der Waals surface area contributed by atoms with Gasteiger partial charge in [-0.3, -0.25) is 4.79 Å². The number of nitrogens with zero attached hydrogens (tertiary/aromatic N) is 3. The van der Waals surface area contributed by atoms with E-state index in [1.54, 1.807) is 13.8 Å². The number of rotatable bonds is 2. The van der Waals surface area contributed by atoms with Gasteiger partial charge in [-0.05, 0) is 19.4 Å². The van der Waals surface area contributed by atoms with Gasteiger partial charge >= 0.3 is 5.97 Å². The number of esters is 1. The zero-order valence-corrected chi connectivity index (χ0v) is 9.12. The average molecular weight is 227 g/mol. The van der Waals surface area contributed by atoms with Crippen molar-refractivity contribution in [2.24, 2.45) is 5.11 Å². The molecule has 0 spiro atoms. The Bertz CT molecular complexity index is 351. The van der Waals surface area contributed by atoms with Gasteiger partial charge in [-0.1, -0.05) is 5.11 Å². The van der Waals surface area contributed by atoms with Crippen LogP contribution in [0.15, 0.2) is 5.11 Å². The molecule has 7 heteroatoms. The van der Waals surface area contributed by atoms with Crippen molar-refractivity contribution in [1.29, 1.82) is 0 Å². The summed E-state index contributed by atoms with van der Waals surface area (Å²) in [6.07, 6.45) is -0.310. The molecule has 2 aliphatic heterocycles. The topological polar surface area (TPSA) is 93.5 Å². The third kappa shape index (κ3) is 2.11. The second-order valence-corrected chi connectivity index (χ2v) is 4.30. The van der Waals surface area contributed by atoms with Crippen molar-refractivity contribution in [3.8, 4) is 0 Å². The predicted octanol–water partition coefficient (Wildman–Crippen LogP) is 1.13. The number of ether oxygens (including phenoxy) is 3. The van der Waals surface area contributed by atoms with Crippen LogP contribution < -0.4 is 0 Å². The Labute approximate surface area is 92.3 Å². The molecule has 3 atom stereocenters. The molecule has 0 saturated carbocycles. The second-order valence-electron chi connectivity index (χ2n) is 4.30. The third-order valence-corrected chi connectivity index (χ3v) is 2.63. The lowest BCUT2D eigenvalue weighted by atomic mass is 10.1. The second kappa shape index (κ2) is 3.93. The van der Waals surface area contributed by atoms with Gasteiger partial charge in [0.15, 0.2) is 5.79 Å². The van der Waals surface area contributed by atoms with Crippen LogP contribution in [0, 0.1) is 0 Å². The molecule has 2 fully saturated rings. The normalized spacial score (nSPS) is 36.9. The molecular weight excluding hydrogens is 214 g/mol. The van der Waals surface area contributed by atoms with Gasteiger partial charge in [0.2, 0.25) is 0 Å². The summed E-state index contributed by atoms with van der Waals surface area (Å²) < 4.78 is 16.0. The van der Waals surface area contributed by atoms with Crippen molar-refractivity contribution in [3.63, 3.8) is 0 Å². The zero-order valence-electron chi connectivity index (χ0n) is 9.12. The monoisotopic (exact) mass is 227 g/mol. The molecule has 2 heterocycles. The van der Waals surface area contributed by atoms with E-state index in [1.807, 2.05) is 0 Å². The maximum Gasteiger partial charge on any atom is 0.315 e. The minimum Gasteiger partial charge on any atom is -0.459 e. The smallest absolute Gasteiger partial charge is 0.315 e. The molecule has 0 aromatic rings. The molecular formula is C9H13N3O4. The molecule has 0 amide bonds. The highest BCUT2D eigenvalue weighted by Gasteiger charge is 2.44. The molecule has 0 aromatic heterocycles. The Kier molecular flexibility index (Phi) is 2.75. The van der Waals surface area contributed by atoms with Crippen LogP contribution in [0.2, 0.25) is 0 Å². The molecule has 0 aliphatic carbocycles. The Morgan fingerprint density at radius 1 is 1.50 bits per heavy atom. The van der Waals surface area contributed by atoms with Crippen LogP contribution in [-0.2, 0) is 19.0 Å². The minimum absolute atomic E-state index is 0.280. The zero-order chi connectivity index (χ0) is 11.8. The van der Waals surface area contributed by atoms with Gasteiger partial charge in [0.1, 0.15) is 18.2 Å². The fraction of sp³-hybridized carbons (Fsp3) is 0.889. The van der Waals surface area contributed by atoms with Crippen molar-refractivity contribution in [2.45, 2.75) is 44.3 Å². The van der Waals surface area contributed by atoms with Gasteiger partial charge in [-0.2, -0.15) is 0 Å². The molecule has 2 rings (SSSR count). The van der Waals surface area contributed by atoms with E-state index in [1.165, 1.54) is 0 Å². The van der Waals surface area contributed by atoms with Crippen LogP contribution in [0.25, 0.3) is 10.4 Å². The van der Waals surface area contributed by atoms with E-state index in [9.17, 15) is 4.79 Å². The fourth-order valence-corrected chi connectivity index (χ4v) is 1.88. The quantitative estimate of drug-likeness (QED) is 0.306. The first kappa shape index (κ1) is 11.2. The summed E-state index contributed by atoms with van der Waals surface area (Å²) in [5.41, 5.74) is 8.27. The van der Waals surface area contributed by atoms with E-state index in [0.29, 0.717) is 13.0 Å². The van der Waals surface area contributed by atoms with Gasteiger partial charge in [-0.15, -0.1) is 0 Å². The maximum absolute atomic E-state index is 11.3. The molecule has 0 aromatic carbocycles. The number of carbonyl (C=O) groups is 1. The summed E-state index contributed by atoms with van der Waals surface area (Å²) >= 11 is 0. The number of hydrogen-bond acceptors (Lipinski definition) is 5. The first-order chi connectivity index (χ1) is 7.52. The van der Waals surface area contributed by atoms with E-state index < -0.39 is 17.8 Å². The van der Waals surface area contributed by atoms with Crippen LogP contribution in [0.5, 0.6) is 0 Å². The lowest BCUT2D eigenvalue weighted by Gasteiger charge is -2.19. The first-order valence-corrected chi connectivity index (χ1v) is 5.08. The molecule has 88 valence electrons. The van der Waals surface area contributed by atoms with Crippen LogP contribution in [0.3, 0.4) is 0 Å². The number of carbonyl (C=O) groups excluding carboxylic acids is 1. The highest BCUT2D eigenvalue weighted by atomic mass is 16.8. The summed E-state index contributed by atoms with van der Waals surface area (Å²) in [5, 5.41) is 3.37. The maximum atomic E-state index is 11.3. The van der Waals surface area contributed by atoms with Gasteiger partial charge in [-0.25, -0.2) is 0 Å². The van der Waals surface area contributed by atoms with Crippen molar-refractivity contribution >= 4 is 5.97 Å². The predicted molar refractivity (Wildman–Crippen MR) is 52.3 cm³/mol. The highest BCUT2D eigenvalue weighted by Crippen LogP contribution is 2.30. The van der Waals surface area contributed by atoms with E-state index in [4.69, 9.17) is 19.7 Å². The van der Waals surface area contributed by atoms with E-state index in [2.05, 4.69) is 10.0 Å². The van der Waals surface area contributed by atoms with Crippen LogP contribution in [-0.4, -0.2) is 36.6 Å². The molecule has 0 unspecified atom stereocenters. The summed E-state index contributed by atoms with van der Waals surface area (Å²) in [4.78, 5) is 13.9. The molecule has 2 aliphatic rings. The largest absolute Gasteiger partial charge is 0.459 e. The number of hydrogen-bond donors (Lipinski definition) is 0.